The molecule has 0 aliphatic carbocycles. The van der Waals surface area contributed by atoms with Crippen LogP contribution in [-0.4, -0.2) is 47.1 Å². The van der Waals surface area contributed by atoms with E-state index in [1.54, 1.807) is 5.01 Å². The summed E-state index contributed by atoms with van der Waals surface area (Å²) in [4.78, 5) is 27.9. The number of likely N-dealkylation sites (tertiary alicyclic amines) is 1. The van der Waals surface area contributed by atoms with E-state index in [0.717, 1.165) is 42.8 Å². The zero-order valence-corrected chi connectivity index (χ0v) is 19.0. The molecule has 2 aliphatic rings. The topological polar surface area (TPSA) is 62.2 Å². The number of amides is 2. The highest BCUT2D eigenvalue weighted by atomic mass is 32.1. The van der Waals surface area contributed by atoms with Crippen LogP contribution in [0.25, 0.3) is 0 Å². The summed E-state index contributed by atoms with van der Waals surface area (Å²) in [5, 5.41) is 8.24. The molecule has 0 bridgehead atoms. The number of hydrogen-bond acceptors (Lipinski definition) is 5. The minimum atomic E-state index is -0.148. The quantitative estimate of drug-likeness (QED) is 0.535. The van der Waals surface area contributed by atoms with E-state index in [4.69, 9.17) is 9.84 Å². The highest BCUT2D eigenvalue weighted by Crippen LogP contribution is 2.34. The van der Waals surface area contributed by atoms with Gasteiger partial charge in [-0.25, -0.2) is 5.01 Å². The molecule has 7 heteroatoms. The Labute approximate surface area is 197 Å². The molecule has 0 N–H and O–H groups in total. The molecule has 33 heavy (non-hydrogen) atoms. The fourth-order valence-electron chi connectivity index (χ4n) is 4.27. The van der Waals surface area contributed by atoms with Crippen molar-refractivity contribution in [3.8, 4) is 5.75 Å². The van der Waals surface area contributed by atoms with Crippen molar-refractivity contribution in [3.63, 3.8) is 0 Å². The third-order valence-corrected chi connectivity index (χ3v) is 6.90. The molecule has 2 amide bonds. The Morgan fingerprint density at radius 3 is 2.42 bits per heavy atom. The number of carbonyl (C=O) groups is 2. The molecule has 0 saturated carbocycles. The van der Waals surface area contributed by atoms with Gasteiger partial charge in [0.2, 0.25) is 0 Å². The lowest BCUT2D eigenvalue weighted by atomic mass is 9.98. The van der Waals surface area contributed by atoms with E-state index in [2.05, 4.69) is 0 Å². The minimum absolute atomic E-state index is 0.0326. The number of hydrazone groups is 1. The summed E-state index contributed by atoms with van der Waals surface area (Å²) in [6.07, 6.45) is 2.77. The van der Waals surface area contributed by atoms with Gasteiger partial charge < -0.3 is 9.64 Å². The average Bonchev–Trinajstić information content (AvgIpc) is 3.64. The van der Waals surface area contributed by atoms with Gasteiger partial charge in [0, 0.05) is 19.5 Å². The Morgan fingerprint density at radius 2 is 1.73 bits per heavy atom. The molecule has 168 valence electrons. The SMILES string of the molecule is O=C(COc1ccc(C2=NN(C(=O)c3cccs3)[C@H](c3ccccc3)C2)cc1)N1CCCC1. The summed E-state index contributed by atoms with van der Waals surface area (Å²) in [7, 11) is 0. The Bertz CT molecular complexity index is 1140. The number of carbonyl (C=O) groups excluding carboxylic acids is 2. The second-order valence-corrected chi connectivity index (χ2v) is 9.15. The molecule has 3 heterocycles. The number of hydrogen-bond donors (Lipinski definition) is 0. The van der Waals surface area contributed by atoms with Crippen LogP contribution in [0.1, 0.15) is 46.1 Å². The fraction of sp³-hybridized carbons (Fsp3) is 0.269. The number of ether oxygens (including phenoxy) is 1. The third kappa shape index (κ3) is 4.68. The van der Waals surface area contributed by atoms with Gasteiger partial charge in [-0.05, 0) is 59.7 Å². The molecule has 0 unspecified atom stereocenters. The first-order valence-corrected chi connectivity index (χ1v) is 12.1. The largest absolute Gasteiger partial charge is 0.484 e. The molecule has 1 atom stereocenters. The first-order valence-electron chi connectivity index (χ1n) is 11.2. The van der Waals surface area contributed by atoms with Crippen LogP contribution < -0.4 is 4.74 Å². The van der Waals surface area contributed by atoms with Gasteiger partial charge in [0.15, 0.2) is 6.61 Å². The van der Waals surface area contributed by atoms with Gasteiger partial charge in [-0.1, -0.05) is 36.4 Å². The molecule has 2 aromatic carbocycles. The van der Waals surface area contributed by atoms with Crippen molar-refractivity contribution in [2.24, 2.45) is 5.10 Å². The van der Waals surface area contributed by atoms with Gasteiger partial charge in [-0.15, -0.1) is 11.3 Å². The summed E-state index contributed by atoms with van der Waals surface area (Å²) in [6, 6.07) is 21.2. The molecule has 3 aromatic rings. The minimum Gasteiger partial charge on any atom is -0.484 e. The van der Waals surface area contributed by atoms with Crippen LogP contribution in [0.15, 0.2) is 77.2 Å². The molecule has 1 aromatic heterocycles. The van der Waals surface area contributed by atoms with Crippen LogP contribution in [-0.2, 0) is 4.79 Å². The van der Waals surface area contributed by atoms with Gasteiger partial charge in [0.25, 0.3) is 11.8 Å². The van der Waals surface area contributed by atoms with Crippen LogP contribution in [0.3, 0.4) is 0 Å². The standard InChI is InChI=1S/C26H25N3O3S/c30-25(28-14-4-5-15-28)18-32-21-12-10-19(11-13-21)22-17-23(20-7-2-1-3-8-20)29(27-22)26(31)24-9-6-16-33-24/h1-3,6-13,16,23H,4-5,14-15,17-18H2/t23-/m0/s1. The van der Waals surface area contributed by atoms with Gasteiger partial charge in [-0.2, -0.15) is 5.10 Å². The fourth-order valence-corrected chi connectivity index (χ4v) is 4.92. The van der Waals surface area contributed by atoms with Gasteiger partial charge >= 0.3 is 0 Å². The van der Waals surface area contributed by atoms with Crippen LogP contribution in [0, 0.1) is 0 Å². The van der Waals surface area contributed by atoms with Crippen molar-refractivity contribution in [1.82, 2.24) is 9.91 Å². The van der Waals surface area contributed by atoms with Crippen LogP contribution in [0.4, 0.5) is 0 Å². The molecule has 2 aliphatic heterocycles. The second kappa shape index (κ2) is 9.58. The first kappa shape index (κ1) is 21.4. The lowest BCUT2D eigenvalue weighted by Gasteiger charge is -2.21. The smallest absolute Gasteiger partial charge is 0.284 e. The Morgan fingerprint density at radius 1 is 0.970 bits per heavy atom. The number of thiophene rings is 1. The van der Waals surface area contributed by atoms with Crippen molar-refractivity contribution in [1.29, 1.82) is 0 Å². The van der Waals surface area contributed by atoms with Crippen molar-refractivity contribution in [2.75, 3.05) is 19.7 Å². The second-order valence-electron chi connectivity index (χ2n) is 8.21. The summed E-state index contributed by atoms with van der Waals surface area (Å²) in [5.74, 6) is 0.593. The monoisotopic (exact) mass is 459 g/mol. The van der Waals surface area contributed by atoms with Crippen molar-refractivity contribution >= 4 is 28.9 Å². The lowest BCUT2D eigenvalue weighted by Crippen LogP contribution is -2.32. The molecular weight excluding hydrogens is 434 g/mol. The van der Waals surface area contributed by atoms with E-state index >= 15 is 0 Å². The van der Waals surface area contributed by atoms with E-state index in [1.807, 2.05) is 77.0 Å². The highest BCUT2D eigenvalue weighted by molar-refractivity contribution is 7.12. The summed E-state index contributed by atoms with van der Waals surface area (Å²) < 4.78 is 5.70. The number of rotatable bonds is 6. The summed E-state index contributed by atoms with van der Waals surface area (Å²) in [6.45, 7) is 1.70. The lowest BCUT2D eigenvalue weighted by molar-refractivity contribution is -0.132. The highest BCUT2D eigenvalue weighted by Gasteiger charge is 2.34. The maximum Gasteiger partial charge on any atom is 0.284 e. The predicted octanol–water partition coefficient (Wildman–Crippen LogP) is 4.74. The molecule has 5 rings (SSSR count). The summed E-state index contributed by atoms with van der Waals surface area (Å²) in [5.41, 5.74) is 2.85. The maximum atomic E-state index is 13.2. The number of nitrogens with zero attached hydrogens (tertiary/aromatic N) is 3. The average molecular weight is 460 g/mol. The van der Waals surface area contributed by atoms with Gasteiger partial charge in [0.1, 0.15) is 5.75 Å². The van der Waals surface area contributed by atoms with Crippen molar-refractivity contribution in [2.45, 2.75) is 25.3 Å². The van der Waals surface area contributed by atoms with Crippen LogP contribution >= 0.6 is 11.3 Å². The van der Waals surface area contributed by atoms with Crippen LogP contribution in [0.5, 0.6) is 5.75 Å². The first-order chi connectivity index (χ1) is 16.2. The van der Waals surface area contributed by atoms with E-state index in [-0.39, 0.29) is 24.5 Å². The Kier molecular flexibility index (Phi) is 6.21. The van der Waals surface area contributed by atoms with E-state index in [0.29, 0.717) is 17.0 Å². The molecule has 1 saturated heterocycles. The van der Waals surface area contributed by atoms with Gasteiger partial charge in [0.05, 0.1) is 16.6 Å². The predicted molar refractivity (Wildman–Crippen MR) is 129 cm³/mol. The Balaban J connectivity index is 1.32. The molecule has 0 radical (unpaired) electrons. The third-order valence-electron chi connectivity index (χ3n) is 6.04. The van der Waals surface area contributed by atoms with Gasteiger partial charge in [-0.3, -0.25) is 9.59 Å². The normalized spacial score (nSPS) is 17.8. The Hall–Kier alpha value is -3.45. The molecule has 0 spiro atoms. The molecular formula is C26H25N3O3S. The summed E-state index contributed by atoms with van der Waals surface area (Å²) >= 11 is 1.42. The van der Waals surface area contributed by atoms with Crippen molar-refractivity contribution in [3.05, 3.63) is 88.1 Å². The van der Waals surface area contributed by atoms with Crippen molar-refractivity contribution < 1.29 is 14.3 Å². The van der Waals surface area contributed by atoms with E-state index < -0.39 is 0 Å². The molecule has 6 nitrogen and oxygen atoms in total. The zero-order chi connectivity index (χ0) is 22.6. The van der Waals surface area contributed by atoms with E-state index in [9.17, 15) is 9.59 Å². The number of benzene rings is 2. The molecule has 1 fully saturated rings. The maximum absolute atomic E-state index is 13.2. The van der Waals surface area contributed by atoms with E-state index in [1.165, 1.54) is 11.3 Å². The van der Waals surface area contributed by atoms with Crippen LogP contribution in [0.2, 0.25) is 0 Å². The zero-order valence-electron chi connectivity index (χ0n) is 18.2.